The van der Waals surface area contributed by atoms with Gasteiger partial charge >= 0.3 is 0 Å². The standard InChI is InChI=1S/C6H11NS/c1-5-3-6(8)7(2)4-5/h5H,3-4H2,1-2H3. The van der Waals surface area contributed by atoms with Crippen molar-refractivity contribution in [2.24, 2.45) is 5.92 Å². The Bertz CT molecular complexity index is 111. The quantitative estimate of drug-likeness (QED) is 0.453. The zero-order valence-corrected chi connectivity index (χ0v) is 6.16. The molecule has 0 bridgehead atoms. The summed E-state index contributed by atoms with van der Waals surface area (Å²) in [4.78, 5) is 3.28. The van der Waals surface area contributed by atoms with E-state index in [0.29, 0.717) is 0 Å². The van der Waals surface area contributed by atoms with Gasteiger partial charge in [0.15, 0.2) is 0 Å². The van der Waals surface area contributed by atoms with Gasteiger partial charge in [0.2, 0.25) is 0 Å². The van der Waals surface area contributed by atoms with Gasteiger partial charge in [-0.2, -0.15) is 0 Å². The Morgan fingerprint density at radius 1 is 1.75 bits per heavy atom. The molecule has 2 heteroatoms. The van der Waals surface area contributed by atoms with E-state index >= 15 is 0 Å². The van der Waals surface area contributed by atoms with E-state index in [9.17, 15) is 0 Å². The number of hydrogen-bond acceptors (Lipinski definition) is 1. The van der Waals surface area contributed by atoms with Crippen LogP contribution in [0, 0.1) is 5.92 Å². The molecular formula is C6H11NS. The predicted octanol–water partition coefficient (Wildman–Crippen LogP) is 1.29. The van der Waals surface area contributed by atoms with Crippen LogP contribution in [0.5, 0.6) is 0 Å². The summed E-state index contributed by atoms with van der Waals surface area (Å²) in [7, 11) is 2.06. The van der Waals surface area contributed by atoms with E-state index in [-0.39, 0.29) is 0 Å². The van der Waals surface area contributed by atoms with Crippen molar-refractivity contribution in [1.29, 1.82) is 0 Å². The summed E-state index contributed by atoms with van der Waals surface area (Å²) in [5.41, 5.74) is 0. The van der Waals surface area contributed by atoms with Crippen molar-refractivity contribution < 1.29 is 0 Å². The van der Waals surface area contributed by atoms with Crippen LogP contribution < -0.4 is 0 Å². The molecule has 0 saturated carbocycles. The maximum absolute atomic E-state index is 5.04. The average Bonchev–Trinajstić information content (AvgIpc) is 1.85. The maximum atomic E-state index is 5.04. The van der Waals surface area contributed by atoms with Gasteiger partial charge in [-0.25, -0.2) is 0 Å². The van der Waals surface area contributed by atoms with Crippen molar-refractivity contribution in [2.45, 2.75) is 13.3 Å². The first-order chi connectivity index (χ1) is 3.70. The molecule has 1 saturated heterocycles. The van der Waals surface area contributed by atoms with Gasteiger partial charge in [-0.1, -0.05) is 19.1 Å². The lowest BCUT2D eigenvalue weighted by Crippen LogP contribution is -2.17. The summed E-state index contributed by atoms with van der Waals surface area (Å²) in [6, 6.07) is 0. The Balaban J connectivity index is 2.51. The maximum Gasteiger partial charge on any atom is 0.0780 e. The highest BCUT2D eigenvalue weighted by Crippen LogP contribution is 2.15. The number of rotatable bonds is 0. The van der Waals surface area contributed by atoms with Crippen LogP contribution in [-0.2, 0) is 0 Å². The smallest absolute Gasteiger partial charge is 0.0780 e. The number of nitrogens with zero attached hydrogens (tertiary/aromatic N) is 1. The number of thiocarbonyl (C=S) groups is 1. The van der Waals surface area contributed by atoms with Gasteiger partial charge in [-0.15, -0.1) is 0 Å². The number of likely N-dealkylation sites (tertiary alicyclic amines) is 1. The lowest BCUT2D eigenvalue weighted by atomic mass is 10.2. The van der Waals surface area contributed by atoms with Crippen LogP contribution in [0.3, 0.4) is 0 Å². The van der Waals surface area contributed by atoms with E-state index in [2.05, 4.69) is 18.9 Å². The largest absolute Gasteiger partial charge is 0.369 e. The van der Waals surface area contributed by atoms with Crippen molar-refractivity contribution in [3.05, 3.63) is 0 Å². The van der Waals surface area contributed by atoms with Crippen LogP contribution in [0.1, 0.15) is 13.3 Å². The lowest BCUT2D eigenvalue weighted by molar-refractivity contribution is 0.486. The molecule has 0 N–H and O–H groups in total. The fraction of sp³-hybridized carbons (Fsp3) is 0.833. The summed E-state index contributed by atoms with van der Waals surface area (Å²) < 4.78 is 0. The van der Waals surface area contributed by atoms with E-state index in [0.717, 1.165) is 23.9 Å². The second kappa shape index (κ2) is 2.02. The third kappa shape index (κ3) is 0.996. The Kier molecular flexibility index (Phi) is 1.52. The normalized spacial score (nSPS) is 29.5. The molecule has 1 nitrogen and oxygen atoms in total. The third-order valence-electron chi connectivity index (χ3n) is 1.53. The predicted molar refractivity (Wildman–Crippen MR) is 39.0 cm³/mol. The second-order valence-corrected chi connectivity index (χ2v) is 3.05. The fourth-order valence-corrected chi connectivity index (χ4v) is 1.45. The van der Waals surface area contributed by atoms with Crippen LogP contribution in [0.25, 0.3) is 0 Å². The van der Waals surface area contributed by atoms with Gasteiger partial charge in [0, 0.05) is 20.0 Å². The fourth-order valence-electron chi connectivity index (χ4n) is 1.09. The minimum absolute atomic E-state index is 0.785. The van der Waals surface area contributed by atoms with E-state index in [1.165, 1.54) is 0 Å². The first-order valence-corrected chi connectivity index (χ1v) is 3.35. The van der Waals surface area contributed by atoms with Crippen LogP contribution in [0.2, 0.25) is 0 Å². The topological polar surface area (TPSA) is 3.24 Å². The van der Waals surface area contributed by atoms with E-state index < -0.39 is 0 Å². The summed E-state index contributed by atoms with van der Waals surface area (Å²) >= 11 is 5.04. The molecule has 1 unspecified atom stereocenters. The molecule has 1 aliphatic rings. The van der Waals surface area contributed by atoms with Gasteiger partial charge < -0.3 is 4.90 Å². The Hall–Kier alpha value is -0.110. The van der Waals surface area contributed by atoms with E-state index in [1.54, 1.807) is 0 Å². The molecule has 0 amide bonds. The van der Waals surface area contributed by atoms with Crippen LogP contribution in [0.15, 0.2) is 0 Å². The minimum atomic E-state index is 0.785. The van der Waals surface area contributed by atoms with Crippen molar-refractivity contribution >= 4 is 17.2 Å². The third-order valence-corrected chi connectivity index (χ3v) is 2.01. The molecule has 0 aromatic heterocycles. The first-order valence-electron chi connectivity index (χ1n) is 2.94. The summed E-state index contributed by atoms with van der Waals surface area (Å²) in [5.74, 6) is 0.785. The summed E-state index contributed by atoms with van der Waals surface area (Å²) in [6.45, 7) is 3.38. The highest BCUT2D eigenvalue weighted by molar-refractivity contribution is 7.80. The zero-order valence-electron chi connectivity index (χ0n) is 5.35. The molecule has 0 aromatic rings. The molecule has 0 aliphatic carbocycles. The molecule has 1 aliphatic heterocycles. The zero-order chi connectivity index (χ0) is 6.15. The molecule has 1 rings (SSSR count). The second-order valence-electron chi connectivity index (χ2n) is 2.58. The Labute approximate surface area is 55.7 Å². The highest BCUT2D eigenvalue weighted by atomic mass is 32.1. The molecule has 1 atom stereocenters. The Morgan fingerprint density at radius 2 is 2.38 bits per heavy atom. The molecule has 0 aromatic carbocycles. The van der Waals surface area contributed by atoms with E-state index in [4.69, 9.17) is 12.2 Å². The van der Waals surface area contributed by atoms with Gasteiger partial charge in [0.25, 0.3) is 0 Å². The minimum Gasteiger partial charge on any atom is -0.369 e. The van der Waals surface area contributed by atoms with Crippen molar-refractivity contribution in [2.75, 3.05) is 13.6 Å². The molecule has 0 radical (unpaired) electrons. The van der Waals surface area contributed by atoms with Gasteiger partial charge in [-0.3, -0.25) is 0 Å². The molecule has 46 valence electrons. The van der Waals surface area contributed by atoms with Crippen LogP contribution in [-0.4, -0.2) is 23.5 Å². The number of hydrogen-bond donors (Lipinski definition) is 0. The molecular weight excluding hydrogens is 118 g/mol. The van der Waals surface area contributed by atoms with Crippen LogP contribution >= 0.6 is 12.2 Å². The van der Waals surface area contributed by atoms with Gasteiger partial charge in [-0.05, 0) is 5.92 Å². The summed E-state index contributed by atoms with van der Waals surface area (Å²) in [5, 5.41) is 0. The van der Waals surface area contributed by atoms with Crippen molar-refractivity contribution in [1.82, 2.24) is 4.90 Å². The monoisotopic (exact) mass is 129 g/mol. The van der Waals surface area contributed by atoms with E-state index in [1.807, 2.05) is 0 Å². The van der Waals surface area contributed by atoms with Crippen molar-refractivity contribution in [3.8, 4) is 0 Å². The molecule has 1 heterocycles. The SMILES string of the molecule is CC1CC(=S)N(C)C1. The molecule has 0 spiro atoms. The Morgan fingerprint density at radius 3 is 2.50 bits per heavy atom. The van der Waals surface area contributed by atoms with Gasteiger partial charge in [0.1, 0.15) is 0 Å². The lowest BCUT2D eigenvalue weighted by Gasteiger charge is -2.07. The van der Waals surface area contributed by atoms with Crippen molar-refractivity contribution in [3.63, 3.8) is 0 Å². The highest BCUT2D eigenvalue weighted by Gasteiger charge is 2.18. The average molecular weight is 129 g/mol. The van der Waals surface area contributed by atoms with Crippen LogP contribution in [0.4, 0.5) is 0 Å². The first kappa shape index (κ1) is 6.02. The molecule has 8 heavy (non-hydrogen) atoms. The molecule has 1 fully saturated rings. The van der Waals surface area contributed by atoms with Gasteiger partial charge in [0.05, 0.1) is 4.99 Å². The summed E-state index contributed by atoms with van der Waals surface area (Å²) in [6.07, 6.45) is 1.12.